The lowest BCUT2D eigenvalue weighted by atomic mass is 10.4. The van der Waals surface area contributed by atoms with Gasteiger partial charge in [0.1, 0.15) is 5.84 Å². The topological polar surface area (TPSA) is 67.5 Å². The van der Waals surface area contributed by atoms with E-state index in [1.54, 1.807) is 13.0 Å². The van der Waals surface area contributed by atoms with E-state index in [2.05, 4.69) is 16.9 Å². The number of carbonyl (C=O) groups is 1. The Hall–Kier alpha value is -1.58. The van der Waals surface area contributed by atoms with Crippen molar-refractivity contribution in [2.45, 2.75) is 6.92 Å². The maximum Gasteiger partial charge on any atom is 0.207 e. The molecule has 0 aliphatic heterocycles. The van der Waals surface area contributed by atoms with Gasteiger partial charge in [-0.05, 0) is 19.1 Å². The summed E-state index contributed by atoms with van der Waals surface area (Å²) in [7, 11) is 0. The molecule has 0 spiro atoms. The van der Waals surface area contributed by atoms with E-state index in [1.165, 1.54) is 6.08 Å². The molecule has 0 unspecified atom stereocenters. The minimum atomic E-state index is 0.370. The molecular formula is C8H13N3O. The fraction of sp³-hybridized carbons (Fsp3) is 0.250. The molecule has 0 radical (unpaired) electrons. The summed E-state index contributed by atoms with van der Waals surface area (Å²) in [5.74, 6) is 0.370. The van der Waals surface area contributed by atoms with Crippen LogP contribution in [0.2, 0.25) is 0 Å². The maximum atomic E-state index is 9.85. The molecule has 0 aliphatic rings. The highest BCUT2D eigenvalue weighted by molar-refractivity contribution is 5.91. The fourth-order valence-corrected chi connectivity index (χ4v) is 0.550. The van der Waals surface area contributed by atoms with E-state index in [0.29, 0.717) is 18.8 Å². The van der Waals surface area contributed by atoms with Crippen molar-refractivity contribution in [3.05, 3.63) is 24.4 Å². The molecule has 0 heterocycles. The molecule has 3 N–H and O–H groups in total. The molecule has 0 aromatic carbocycles. The minimum Gasteiger partial charge on any atom is -0.384 e. The van der Waals surface area contributed by atoms with Gasteiger partial charge in [0.25, 0.3) is 0 Å². The van der Waals surface area contributed by atoms with Crippen LogP contribution in [-0.4, -0.2) is 18.8 Å². The predicted molar refractivity (Wildman–Crippen MR) is 49.6 cm³/mol. The first-order valence-corrected chi connectivity index (χ1v) is 3.51. The second-order valence-electron chi connectivity index (χ2n) is 2.11. The molecule has 0 saturated heterocycles. The van der Waals surface area contributed by atoms with E-state index in [9.17, 15) is 4.79 Å². The Morgan fingerprint density at radius 3 is 2.92 bits per heavy atom. The number of rotatable bonds is 5. The summed E-state index contributed by atoms with van der Waals surface area (Å²) < 4.78 is 0. The van der Waals surface area contributed by atoms with Crippen LogP contribution in [0.5, 0.6) is 0 Å². The third kappa shape index (κ3) is 5.22. The number of nitrogens with one attached hydrogen (secondary N) is 1. The van der Waals surface area contributed by atoms with Crippen molar-refractivity contribution >= 4 is 12.2 Å². The molecule has 0 aliphatic carbocycles. The third-order valence-corrected chi connectivity index (χ3v) is 1.11. The lowest BCUT2D eigenvalue weighted by Crippen LogP contribution is -2.10. The predicted octanol–water partition coefficient (Wildman–Crippen LogP) is 0.179. The lowest BCUT2D eigenvalue weighted by Gasteiger charge is -1.94. The standard InChI is InChI=1S/C8H13N3O/c1-3-8(9)11-7(2)4-5-10-6-12/h3-4,6H,1,5H2,2H3,(H2,9,11)(H,10,12)/b7-4+. The Bertz CT molecular complexity index is 218. The number of hydrogen-bond acceptors (Lipinski definition) is 2. The molecule has 4 nitrogen and oxygen atoms in total. The summed E-state index contributed by atoms with van der Waals surface area (Å²) in [4.78, 5) is 13.8. The van der Waals surface area contributed by atoms with E-state index in [4.69, 9.17) is 5.73 Å². The maximum absolute atomic E-state index is 9.85. The van der Waals surface area contributed by atoms with Gasteiger partial charge < -0.3 is 11.1 Å². The Kier molecular flexibility index (Phi) is 5.34. The molecule has 0 aromatic heterocycles. The summed E-state index contributed by atoms with van der Waals surface area (Å²) >= 11 is 0. The van der Waals surface area contributed by atoms with Crippen LogP contribution >= 0.6 is 0 Å². The van der Waals surface area contributed by atoms with Gasteiger partial charge in [-0.1, -0.05) is 6.58 Å². The summed E-state index contributed by atoms with van der Waals surface area (Å²) in [5, 5.41) is 2.48. The van der Waals surface area contributed by atoms with Crippen molar-refractivity contribution in [1.29, 1.82) is 0 Å². The zero-order chi connectivity index (χ0) is 9.40. The number of amides is 1. The second kappa shape index (κ2) is 6.15. The van der Waals surface area contributed by atoms with Crippen LogP contribution in [0.3, 0.4) is 0 Å². The van der Waals surface area contributed by atoms with Gasteiger partial charge in [-0.3, -0.25) is 4.79 Å². The van der Waals surface area contributed by atoms with Crippen LogP contribution in [0.15, 0.2) is 29.4 Å². The van der Waals surface area contributed by atoms with Gasteiger partial charge in [0.2, 0.25) is 6.41 Å². The Morgan fingerprint density at radius 2 is 2.42 bits per heavy atom. The molecular weight excluding hydrogens is 154 g/mol. The molecule has 12 heavy (non-hydrogen) atoms. The van der Waals surface area contributed by atoms with E-state index < -0.39 is 0 Å². The van der Waals surface area contributed by atoms with Gasteiger partial charge in [-0.2, -0.15) is 0 Å². The van der Waals surface area contributed by atoms with Crippen LogP contribution in [0, 0.1) is 0 Å². The van der Waals surface area contributed by atoms with Gasteiger partial charge >= 0.3 is 0 Å². The first-order chi connectivity index (χ1) is 5.70. The van der Waals surface area contributed by atoms with Gasteiger partial charge in [0, 0.05) is 12.2 Å². The third-order valence-electron chi connectivity index (χ3n) is 1.11. The number of allylic oxidation sites excluding steroid dienone is 1. The lowest BCUT2D eigenvalue weighted by molar-refractivity contribution is -0.109. The van der Waals surface area contributed by atoms with Crippen LogP contribution in [0.4, 0.5) is 0 Å². The van der Waals surface area contributed by atoms with E-state index in [1.807, 2.05) is 0 Å². The summed E-state index contributed by atoms with van der Waals surface area (Å²) in [5.41, 5.74) is 6.13. The van der Waals surface area contributed by atoms with Gasteiger partial charge in [0.05, 0.1) is 0 Å². The summed E-state index contributed by atoms with van der Waals surface area (Å²) in [6, 6.07) is 0. The van der Waals surface area contributed by atoms with E-state index >= 15 is 0 Å². The first-order valence-electron chi connectivity index (χ1n) is 3.51. The molecule has 0 rings (SSSR count). The minimum absolute atomic E-state index is 0.370. The average Bonchev–Trinajstić information content (AvgIpc) is 2.05. The molecule has 4 heteroatoms. The molecule has 0 fully saturated rings. The quantitative estimate of drug-likeness (QED) is 0.265. The number of amidine groups is 1. The highest BCUT2D eigenvalue weighted by atomic mass is 16.1. The van der Waals surface area contributed by atoms with E-state index in [-0.39, 0.29) is 0 Å². The highest BCUT2D eigenvalue weighted by Gasteiger charge is 1.85. The first kappa shape index (κ1) is 10.4. The van der Waals surface area contributed by atoms with Crippen molar-refractivity contribution in [1.82, 2.24) is 5.32 Å². The largest absolute Gasteiger partial charge is 0.384 e. The smallest absolute Gasteiger partial charge is 0.207 e. The Balaban J connectivity index is 4.00. The summed E-state index contributed by atoms with van der Waals surface area (Å²) in [6.07, 6.45) is 3.85. The zero-order valence-corrected chi connectivity index (χ0v) is 7.08. The van der Waals surface area contributed by atoms with E-state index in [0.717, 1.165) is 5.70 Å². The van der Waals surface area contributed by atoms with Crippen LogP contribution in [0.1, 0.15) is 6.92 Å². The molecule has 0 aromatic rings. The SMILES string of the molecule is C=CC(N)=N/C(C)=C/CNC=O. The molecule has 0 bridgehead atoms. The monoisotopic (exact) mass is 167 g/mol. The Morgan fingerprint density at radius 1 is 1.75 bits per heavy atom. The van der Waals surface area contributed by atoms with Crippen LogP contribution in [0.25, 0.3) is 0 Å². The van der Waals surface area contributed by atoms with Crippen molar-refractivity contribution in [2.75, 3.05) is 6.54 Å². The van der Waals surface area contributed by atoms with Crippen molar-refractivity contribution in [3.63, 3.8) is 0 Å². The number of nitrogens with zero attached hydrogens (tertiary/aromatic N) is 1. The molecule has 66 valence electrons. The second-order valence-corrected chi connectivity index (χ2v) is 2.11. The molecule has 0 saturated carbocycles. The van der Waals surface area contributed by atoms with Crippen molar-refractivity contribution in [3.8, 4) is 0 Å². The average molecular weight is 167 g/mol. The fourth-order valence-electron chi connectivity index (χ4n) is 0.550. The number of aliphatic imine (C=N–C) groups is 1. The summed E-state index contributed by atoms with van der Waals surface area (Å²) in [6.45, 7) is 5.71. The molecule has 0 atom stereocenters. The normalized spacial score (nSPS) is 12.4. The highest BCUT2D eigenvalue weighted by Crippen LogP contribution is 1.92. The van der Waals surface area contributed by atoms with Crippen LogP contribution in [-0.2, 0) is 4.79 Å². The van der Waals surface area contributed by atoms with Crippen molar-refractivity contribution in [2.24, 2.45) is 10.7 Å². The Labute approximate surface area is 71.9 Å². The van der Waals surface area contributed by atoms with Crippen molar-refractivity contribution < 1.29 is 4.79 Å². The van der Waals surface area contributed by atoms with Crippen LogP contribution < -0.4 is 11.1 Å². The number of nitrogens with two attached hydrogens (primary N) is 1. The van der Waals surface area contributed by atoms with Gasteiger partial charge in [-0.15, -0.1) is 0 Å². The number of hydrogen-bond donors (Lipinski definition) is 2. The zero-order valence-electron chi connectivity index (χ0n) is 7.08. The van der Waals surface area contributed by atoms with Gasteiger partial charge in [0.15, 0.2) is 0 Å². The molecule has 1 amide bonds. The van der Waals surface area contributed by atoms with Gasteiger partial charge in [-0.25, -0.2) is 4.99 Å². The number of carbonyl (C=O) groups excluding carboxylic acids is 1.